The fourth-order valence-corrected chi connectivity index (χ4v) is 4.12. The Morgan fingerprint density at radius 3 is 2.43 bits per heavy atom. The van der Waals surface area contributed by atoms with E-state index in [0.29, 0.717) is 50.0 Å². The molecule has 1 aliphatic rings. The van der Waals surface area contributed by atoms with Crippen LogP contribution in [0.1, 0.15) is 29.3 Å². The van der Waals surface area contributed by atoms with E-state index in [1.807, 2.05) is 36.4 Å². The molecule has 0 N–H and O–H groups in total. The third-order valence-electron chi connectivity index (χ3n) is 5.90. The molecule has 0 aliphatic carbocycles. The van der Waals surface area contributed by atoms with Crippen molar-refractivity contribution in [1.29, 1.82) is 0 Å². The summed E-state index contributed by atoms with van der Waals surface area (Å²) in [5.74, 6) is 0.902. The van der Waals surface area contributed by atoms with E-state index in [9.17, 15) is 9.59 Å². The molecule has 1 atom stereocenters. The molecule has 4 rings (SSSR count). The maximum Gasteiger partial charge on any atom is 0.246 e. The lowest BCUT2D eigenvalue weighted by Gasteiger charge is -2.26. The van der Waals surface area contributed by atoms with Crippen LogP contribution in [0.3, 0.4) is 0 Å². The largest absolute Gasteiger partial charge is 0.497 e. The maximum atomic E-state index is 13.0. The molecule has 1 fully saturated rings. The molecule has 2 aromatic carbocycles. The van der Waals surface area contributed by atoms with Crippen molar-refractivity contribution >= 4 is 23.3 Å². The molecule has 0 bridgehead atoms. The van der Waals surface area contributed by atoms with Gasteiger partial charge in [-0.15, -0.1) is 10.2 Å². The number of ether oxygens (including phenoxy) is 2. The Morgan fingerprint density at radius 1 is 1.06 bits per heavy atom. The van der Waals surface area contributed by atoms with Crippen LogP contribution < -0.4 is 4.74 Å². The Kier molecular flexibility index (Phi) is 8.44. The number of morpholine rings is 1. The summed E-state index contributed by atoms with van der Waals surface area (Å²) in [5, 5.41) is 13.4. The molecule has 1 aromatic heterocycles. The summed E-state index contributed by atoms with van der Waals surface area (Å²) < 4.78 is 10.5. The number of hydrogen-bond acceptors (Lipinski definition) is 7. The molecule has 10 heteroatoms. The minimum Gasteiger partial charge on any atom is -0.497 e. The number of carbonyl (C=O) groups is 2. The summed E-state index contributed by atoms with van der Waals surface area (Å²) in [4.78, 5) is 28.6. The average molecular weight is 498 g/mol. The standard InChI is InChI=1S/C25H28ClN5O4/c1-34-23-8-4-18(5-9-23)14-20(16-22(32)15-19-2-6-21(26)7-3-19)25-27-29-31(28-25)17-24(33)30-10-12-35-13-11-30/h2-9,20H,10-17H2,1H3/t20-/m1/s1. The van der Waals surface area contributed by atoms with E-state index in [1.165, 1.54) is 4.80 Å². The van der Waals surface area contributed by atoms with Gasteiger partial charge in [0.15, 0.2) is 5.82 Å². The third kappa shape index (κ3) is 7.10. The number of methoxy groups -OCH3 is 1. The molecule has 0 spiro atoms. The average Bonchev–Trinajstić information content (AvgIpc) is 3.34. The Balaban J connectivity index is 1.47. The van der Waals surface area contributed by atoms with Gasteiger partial charge in [0, 0.05) is 36.9 Å². The first-order chi connectivity index (χ1) is 17.0. The Bertz CT molecular complexity index is 1130. The smallest absolute Gasteiger partial charge is 0.246 e. The predicted octanol–water partition coefficient (Wildman–Crippen LogP) is 2.72. The number of nitrogens with zero attached hydrogens (tertiary/aromatic N) is 5. The van der Waals surface area contributed by atoms with Gasteiger partial charge < -0.3 is 14.4 Å². The van der Waals surface area contributed by atoms with Crippen LogP contribution in [0.2, 0.25) is 5.02 Å². The van der Waals surface area contributed by atoms with Crippen molar-refractivity contribution in [3.05, 3.63) is 70.5 Å². The first-order valence-electron chi connectivity index (χ1n) is 11.5. The van der Waals surface area contributed by atoms with Gasteiger partial charge in [0.05, 0.1) is 20.3 Å². The summed E-state index contributed by atoms with van der Waals surface area (Å²) >= 11 is 5.96. The molecule has 3 aromatic rings. The zero-order chi connectivity index (χ0) is 24.6. The Hall–Kier alpha value is -3.30. The number of rotatable bonds is 10. The lowest BCUT2D eigenvalue weighted by Crippen LogP contribution is -2.42. The van der Waals surface area contributed by atoms with E-state index < -0.39 is 0 Å². The molecular weight excluding hydrogens is 470 g/mol. The second-order valence-electron chi connectivity index (χ2n) is 8.47. The number of halogens is 1. The van der Waals surface area contributed by atoms with E-state index in [0.717, 1.165) is 16.9 Å². The molecule has 1 saturated heterocycles. The molecule has 1 aliphatic heterocycles. The number of carbonyl (C=O) groups excluding carboxylic acids is 2. The van der Waals surface area contributed by atoms with Gasteiger partial charge in [0.1, 0.15) is 18.1 Å². The molecule has 0 unspecified atom stereocenters. The second-order valence-corrected chi connectivity index (χ2v) is 8.90. The maximum absolute atomic E-state index is 13.0. The van der Waals surface area contributed by atoms with Crippen molar-refractivity contribution in [3.63, 3.8) is 0 Å². The minimum absolute atomic E-state index is 0.000969. The lowest BCUT2D eigenvalue weighted by molar-refractivity contribution is -0.136. The van der Waals surface area contributed by atoms with Crippen molar-refractivity contribution in [2.75, 3.05) is 33.4 Å². The first kappa shape index (κ1) is 24.8. The molecule has 1 amide bonds. The lowest BCUT2D eigenvalue weighted by atomic mass is 9.91. The van der Waals surface area contributed by atoms with E-state index in [-0.39, 0.29) is 30.6 Å². The quantitative estimate of drug-likeness (QED) is 0.424. The molecule has 2 heterocycles. The predicted molar refractivity (Wildman–Crippen MR) is 129 cm³/mol. The van der Waals surface area contributed by atoms with Crippen LogP contribution in [0.25, 0.3) is 0 Å². The van der Waals surface area contributed by atoms with Crippen LogP contribution in [0.5, 0.6) is 5.75 Å². The van der Waals surface area contributed by atoms with E-state index >= 15 is 0 Å². The number of tetrazole rings is 1. The molecule has 35 heavy (non-hydrogen) atoms. The monoisotopic (exact) mass is 497 g/mol. The van der Waals surface area contributed by atoms with E-state index in [1.54, 1.807) is 24.1 Å². The van der Waals surface area contributed by atoms with Gasteiger partial charge in [-0.1, -0.05) is 35.9 Å². The van der Waals surface area contributed by atoms with Crippen molar-refractivity contribution in [2.45, 2.75) is 31.7 Å². The summed E-state index contributed by atoms with van der Waals surface area (Å²) in [6.07, 6.45) is 1.09. The SMILES string of the molecule is COc1ccc(C[C@H](CC(=O)Cc2ccc(Cl)cc2)c2nnn(CC(=O)N3CCOCC3)n2)cc1. The van der Waals surface area contributed by atoms with Crippen LogP contribution >= 0.6 is 11.6 Å². The Labute approximate surface area is 209 Å². The number of ketones is 1. The van der Waals surface area contributed by atoms with E-state index in [2.05, 4.69) is 15.4 Å². The highest BCUT2D eigenvalue weighted by molar-refractivity contribution is 6.30. The van der Waals surface area contributed by atoms with Gasteiger partial charge in [0.2, 0.25) is 5.91 Å². The van der Waals surface area contributed by atoms with E-state index in [4.69, 9.17) is 21.1 Å². The fraction of sp³-hybridized carbons (Fsp3) is 0.400. The third-order valence-corrected chi connectivity index (χ3v) is 6.16. The van der Waals surface area contributed by atoms with Gasteiger partial charge >= 0.3 is 0 Å². The highest BCUT2D eigenvalue weighted by atomic mass is 35.5. The van der Waals surface area contributed by atoms with Gasteiger partial charge in [-0.2, -0.15) is 4.80 Å². The summed E-state index contributed by atoms with van der Waals surface area (Å²) in [5.41, 5.74) is 1.92. The van der Waals surface area contributed by atoms with Gasteiger partial charge in [-0.3, -0.25) is 9.59 Å². The highest BCUT2D eigenvalue weighted by Crippen LogP contribution is 2.24. The van der Waals surface area contributed by atoms with Crippen LogP contribution in [0.4, 0.5) is 0 Å². The number of hydrogen-bond donors (Lipinski definition) is 0. The summed E-state index contributed by atoms with van der Waals surface area (Å²) in [6.45, 7) is 2.17. The van der Waals surface area contributed by atoms with Crippen LogP contribution in [0.15, 0.2) is 48.5 Å². The summed E-state index contributed by atoms with van der Waals surface area (Å²) in [6, 6.07) is 14.9. The Morgan fingerprint density at radius 2 is 1.74 bits per heavy atom. The van der Waals surface area contributed by atoms with Crippen LogP contribution in [-0.2, 0) is 33.7 Å². The van der Waals surface area contributed by atoms with Gasteiger partial charge in [-0.25, -0.2) is 0 Å². The van der Waals surface area contributed by atoms with Gasteiger partial charge in [0.25, 0.3) is 0 Å². The topological polar surface area (TPSA) is 99.4 Å². The van der Waals surface area contributed by atoms with Crippen molar-refractivity contribution in [1.82, 2.24) is 25.1 Å². The molecular formula is C25H28ClN5O4. The van der Waals surface area contributed by atoms with Gasteiger partial charge in [-0.05, 0) is 47.0 Å². The summed E-state index contributed by atoms with van der Waals surface area (Å²) in [7, 11) is 1.62. The number of benzene rings is 2. The van der Waals surface area contributed by atoms with Crippen molar-refractivity contribution < 1.29 is 19.1 Å². The highest BCUT2D eigenvalue weighted by Gasteiger charge is 2.24. The molecule has 0 saturated carbocycles. The number of amides is 1. The zero-order valence-electron chi connectivity index (χ0n) is 19.6. The number of aromatic nitrogens is 4. The fourth-order valence-electron chi connectivity index (χ4n) is 4.00. The minimum atomic E-state index is -0.282. The van der Waals surface area contributed by atoms with Crippen molar-refractivity contribution in [2.24, 2.45) is 0 Å². The second kappa shape index (κ2) is 11.9. The molecule has 9 nitrogen and oxygen atoms in total. The van der Waals surface area contributed by atoms with Crippen molar-refractivity contribution in [3.8, 4) is 5.75 Å². The number of Topliss-reactive ketones (excluding diaryl/α,β-unsaturated/α-hetero) is 1. The molecule has 184 valence electrons. The van der Waals surface area contributed by atoms with Crippen LogP contribution in [0, 0.1) is 0 Å². The normalized spacial score (nSPS) is 14.5. The first-order valence-corrected chi connectivity index (χ1v) is 11.9. The molecule has 0 radical (unpaired) electrons. The van der Waals surface area contributed by atoms with Crippen LogP contribution in [-0.4, -0.2) is 70.2 Å². The zero-order valence-corrected chi connectivity index (χ0v) is 20.4.